The summed E-state index contributed by atoms with van der Waals surface area (Å²) in [6.45, 7) is 4.41. The number of hydrogen-bond donors (Lipinski definition) is 2. The smallest absolute Gasteiger partial charge is 0.320 e. The van der Waals surface area contributed by atoms with Crippen LogP contribution in [-0.2, 0) is 20.6 Å². The van der Waals surface area contributed by atoms with E-state index < -0.39 is 0 Å². The molecule has 2 heterocycles. The number of nitrogens with zero attached hydrogens (tertiary/aromatic N) is 3. The topological polar surface area (TPSA) is 63.9 Å². The van der Waals surface area contributed by atoms with E-state index in [1.807, 2.05) is 39.1 Å². The van der Waals surface area contributed by atoms with Crippen molar-refractivity contribution in [2.24, 2.45) is 14.1 Å². The van der Waals surface area contributed by atoms with Crippen LogP contribution >= 0.6 is 0 Å². The van der Waals surface area contributed by atoms with Crippen LogP contribution < -0.4 is 10.6 Å². The summed E-state index contributed by atoms with van der Waals surface area (Å²) in [6.07, 6.45) is 0. The number of amides is 2. The maximum absolute atomic E-state index is 11.8. The Bertz CT molecular complexity index is 596. The first kappa shape index (κ1) is 13.2. The molecule has 6 nitrogen and oxygen atoms in total. The molecule has 19 heavy (non-hydrogen) atoms. The van der Waals surface area contributed by atoms with Gasteiger partial charge in [-0.15, -0.1) is 0 Å². The van der Waals surface area contributed by atoms with Gasteiger partial charge in [-0.25, -0.2) is 4.79 Å². The van der Waals surface area contributed by atoms with E-state index in [1.54, 1.807) is 11.7 Å². The van der Waals surface area contributed by atoms with Crippen molar-refractivity contribution in [3.63, 3.8) is 0 Å². The third kappa shape index (κ3) is 2.96. The number of aryl methyl sites for hydroxylation is 3. The molecule has 0 fully saturated rings. The third-order valence-electron chi connectivity index (χ3n) is 3.15. The number of rotatable bonds is 3. The van der Waals surface area contributed by atoms with Gasteiger partial charge in [0.05, 0.1) is 12.2 Å². The number of anilines is 1. The fourth-order valence-corrected chi connectivity index (χ4v) is 1.90. The fourth-order valence-electron chi connectivity index (χ4n) is 1.90. The molecule has 2 rings (SSSR count). The Hall–Kier alpha value is -2.24. The van der Waals surface area contributed by atoms with Crippen molar-refractivity contribution in [2.75, 3.05) is 5.32 Å². The molecule has 0 aliphatic rings. The molecule has 102 valence electrons. The van der Waals surface area contributed by atoms with Crippen LogP contribution in [0.25, 0.3) is 0 Å². The molecule has 2 N–H and O–H groups in total. The molecule has 2 aromatic rings. The van der Waals surface area contributed by atoms with E-state index in [1.165, 1.54) is 5.69 Å². The van der Waals surface area contributed by atoms with Crippen LogP contribution in [-0.4, -0.2) is 20.4 Å². The van der Waals surface area contributed by atoms with Crippen molar-refractivity contribution in [3.05, 3.63) is 35.3 Å². The lowest BCUT2D eigenvalue weighted by Crippen LogP contribution is -2.29. The minimum absolute atomic E-state index is 0.234. The van der Waals surface area contributed by atoms with E-state index in [4.69, 9.17) is 0 Å². The minimum Gasteiger partial charge on any atom is -0.350 e. The summed E-state index contributed by atoms with van der Waals surface area (Å²) in [6, 6.07) is 5.62. The van der Waals surface area contributed by atoms with Gasteiger partial charge in [0.25, 0.3) is 0 Å². The van der Waals surface area contributed by atoms with Gasteiger partial charge in [-0.05, 0) is 26.0 Å². The zero-order valence-corrected chi connectivity index (χ0v) is 11.7. The van der Waals surface area contributed by atoms with Gasteiger partial charge in [-0.1, -0.05) is 0 Å². The molecule has 0 spiro atoms. The van der Waals surface area contributed by atoms with Crippen LogP contribution in [0.5, 0.6) is 0 Å². The summed E-state index contributed by atoms with van der Waals surface area (Å²) in [7, 11) is 3.78. The lowest BCUT2D eigenvalue weighted by Gasteiger charge is -2.09. The summed E-state index contributed by atoms with van der Waals surface area (Å²) in [5.74, 6) is 0.679. The molecule has 0 saturated heterocycles. The van der Waals surface area contributed by atoms with Crippen LogP contribution in [0.2, 0.25) is 0 Å². The van der Waals surface area contributed by atoms with E-state index >= 15 is 0 Å². The number of nitrogens with one attached hydrogen (secondary N) is 2. The van der Waals surface area contributed by atoms with Gasteiger partial charge in [0.1, 0.15) is 5.82 Å². The van der Waals surface area contributed by atoms with Gasteiger partial charge in [0.2, 0.25) is 0 Å². The highest BCUT2D eigenvalue weighted by atomic mass is 16.2. The molecule has 0 atom stereocenters. The Kier molecular flexibility index (Phi) is 3.59. The quantitative estimate of drug-likeness (QED) is 0.883. The highest BCUT2D eigenvalue weighted by Crippen LogP contribution is 2.08. The van der Waals surface area contributed by atoms with E-state index in [0.717, 1.165) is 11.4 Å². The summed E-state index contributed by atoms with van der Waals surface area (Å²) in [5, 5.41) is 9.76. The average molecular weight is 261 g/mol. The van der Waals surface area contributed by atoms with Crippen LogP contribution in [0.1, 0.15) is 17.1 Å². The summed E-state index contributed by atoms with van der Waals surface area (Å²) >= 11 is 0. The summed E-state index contributed by atoms with van der Waals surface area (Å²) in [5.41, 5.74) is 3.10. The Morgan fingerprint density at radius 1 is 1.32 bits per heavy atom. The van der Waals surface area contributed by atoms with Crippen molar-refractivity contribution in [1.29, 1.82) is 0 Å². The predicted molar refractivity (Wildman–Crippen MR) is 74.0 cm³/mol. The highest BCUT2D eigenvalue weighted by molar-refractivity contribution is 5.88. The Labute approximate surface area is 112 Å². The fraction of sp³-hybridized carbons (Fsp3) is 0.385. The molecule has 0 radical (unpaired) electrons. The van der Waals surface area contributed by atoms with E-state index in [-0.39, 0.29) is 6.03 Å². The molecule has 2 aromatic heterocycles. The van der Waals surface area contributed by atoms with E-state index in [0.29, 0.717) is 12.4 Å². The Morgan fingerprint density at radius 2 is 2.05 bits per heavy atom. The standard InChI is InChI=1S/C13H19N5O/c1-9-7-12(18(4)16-9)15-13(19)14-8-11-6-5-10(2)17(11)3/h5-7H,8H2,1-4H3,(H2,14,15,19). The molecule has 0 saturated carbocycles. The van der Waals surface area contributed by atoms with E-state index in [9.17, 15) is 4.79 Å². The monoisotopic (exact) mass is 261 g/mol. The normalized spacial score (nSPS) is 10.5. The first-order chi connectivity index (χ1) is 8.97. The molecule has 0 aliphatic carbocycles. The predicted octanol–water partition coefficient (Wildman–Crippen LogP) is 1.70. The van der Waals surface area contributed by atoms with Crippen molar-refractivity contribution in [3.8, 4) is 0 Å². The van der Waals surface area contributed by atoms with Crippen LogP contribution in [0.3, 0.4) is 0 Å². The molecule has 0 aliphatic heterocycles. The SMILES string of the molecule is Cc1cc(NC(=O)NCc2ccc(C)n2C)n(C)n1. The first-order valence-corrected chi connectivity index (χ1v) is 6.14. The molecule has 0 aromatic carbocycles. The largest absolute Gasteiger partial charge is 0.350 e. The zero-order valence-electron chi connectivity index (χ0n) is 11.7. The number of hydrogen-bond acceptors (Lipinski definition) is 2. The first-order valence-electron chi connectivity index (χ1n) is 6.14. The third-order valence-corrected chi connectivity index (χ3v) is 3.15. The zero-order chi connectivity index (χ0) is 14.0. The number of urea groups is 1. The molecule has 0 unspecified atom stereocenters. The maximum Gasteiger partial charge on any atom is 0.320 e. The van der Waals surface area contributed by atoms with Crippen molar-refractivity contribution in [2.45, 2.75) is 20.4 Å². The van der Waals surface area contributed by atoms with Gasteiger partial charge in [-0.3, -0.25) is 10.00 Å². The lowest BCUT2D eigenvalue weighted by molar-refractivity contribution is 0.251. The van der Waals surface area contributed by atoms with Gasteiger partial charge >= 0.3 is 6.03 Å². The Morgan fingerprint density at radius 3 is 2.58 bits per heavy atom. The van der Waals surface area contributed by atoms with E-state index in [2.05, 4.69) is 20.3 Å². The molecular weight excluding hydrogens is 242 g/mol. The van der Waals surface area contributed by atoms with Gasteiger partial charge in [-0.2, -0.15) is 5.10 Å². The van der Waals surface area contributed by atoms with Crippen LogP contribution in [0.15, 0.2) is 18.2 Å². The van der Waals surface area contributed by atoms with Gasteiger partial charge in [0.15, 0.2) is 0 Å². The summed E-state index contributed by atoms with van der Waals surface area (Å²) in [4.78, 5) is 11.8. The molecular formula is C13H19N5O. The van der Waals surface area contributed by atoms with Crippen molar-refractivity contribution >= 4 is 11.8 Å². The van der Waals surface area contributed by atoms with Crippen LogP contribution in [0.4, 0.5) is 10.6 Å². The molecule has 2 amide bonds. The average Bonchev–Trinajstić information content (AvgIpc) is 2.82. The molecule has 6 heteroatoms. The second-order valence-electron chi connectivity index (χ2n) is 4.63. The number of carbonyl (C=O) groups excluding carboxylic acids is 1. The maximum atomic E-state index is 11.8. The summed E-state index contributed by atoms with van der Waals surface area (Å²) < 4.78 is 3.69. The minimum atomic E-state index is -0.234. The van der Waals surface area contributed by atoms with Crippen molar-refractivity contribution < 1.29 is 4.79 Å². The number of aromatic nitrogens is 3. The highest BCUT2D eigenvalue weighted by Gasteiger charge is 2.07. The lowest BCUT2D eigenvalue weighted by atomic mass is 10.4. The second-order valence-corrected chi connectivity index (χ2v) is 4.63. The Balaban J connectivity index is 1.92. The van der Waals surface area contributed by atoms with Crippen LogP contribution in [0, 0.1) is 13.8 Å². The van der Waals surface area contributed by atoms with Gasteiger partial charge < -0.3 is 9.88 Å². The van der Waals surface area contributed by atoms with Crippen molar-refractivity contribution in [1.82, 2.24) is 19.7 Å². The second kappa shape index (κ2) is 5.17. The van der Waals surface area contributed by atoms with Gasteiger partial charge in [0, 0.05) is 31.5 Å². The molecule has 0 bridgehead atoms. The number of carbonyl (C=O) groups is 1.